The van der Waals surface area contributed by atoms with E-state index in [1.165, 1.54) is 6.07 Å². The van der Waals surface area contributed by atoms with Crippen LogP contribution in [0.4, 0.5) is 4.39 Å². The van der Waals surface area contributed by atoms with Crippen LogP contribution in [0, 0.1) is 18.7 Å². The van der Waals surface area contributed by atoms with Crippen molar-refractivity contribution in [3.05, 3.63) is 35.1 Å². The summed E-state index contributed by atoms with van der Waals surface area (Å²) in [6.45, 7) is 5.02. The van der Waals surface area contributed by atoms with Gasteiger partial charge in [-0.2, -0.15) is 0 Å². The topological polar surface area (TPSA) is 46.3 Å². The fraction of sp³-hybridized carbons (Fsp3) is 0.533. The molecule has 0 bridgehead atoms. The van der Waals surface area contributed by atoms with Crippen LogP contribution < -0.4 is 5.73 Å². The van der Waals surface area contributed by atoms with Gasteiger partial charge in [-0.3, -0.25) is 4.79 Å². The number of piperidine rings is 1. The first kappa shape index (κ1) is 14.0. The first-order valence-corrected chi connectivity index (χ1v) is 6.81. The Morgan fingerprint density at radius 1 is 1.53 bits per heavy atom. The number of aryl methyl sites for hydroxylation is 1. The summed E-state index contributed by atoms with van der Waals surface area (Å²) in [6, 6.07) is 4.61. The fourth-order valence-corrected chi connectivity index (χ4v) is 2.80. The number of amides is 1. The number of carbonyl (C=O) groups excluding carboxylic acids is 1. The number of nitrogens with two attached hydrogens (primary N) is 1. The third-order valence-corrected chi connectivity index (χ3v) is 4.02. The molecule has 0 saturated carbocycles. The predicted molar refractivity (Wildman–Crippen MR) is 73.4 cm³/mol. The van der Waals surface area contributed by atoms with Crippen LogP contribution in [0.25, 0.3) is 0 Å². The van der Waals surface area contributed by atoms with E-state index >= 15 is 0 Å². The van der Waals surface area contributed by atoms with E-state index in [1.54, 1.807) is 19.1 Å². The Bertz CT molecular complexity index is 475. The number of hydrogen-bond donors (Lipinski definition) is 1. The van der Waals surface area contributed by atoms with Crippen molar-refractivity contribution in [2.45, 2.75) is 32.7 Å². The third kappa shape index (κ3) is 2.78. The summed E-state index contributed by atoms with van der Waals surface area (Å²) < 4.78 is 13.3. The molecular weight excluding hydrogens is 243 g/mol. The summed E-state index contributed by atoms with van der Waals surface area (Å²) in [5.74, 6) is 0.105. The van der Waals surface area contributed by atoms with Crippen molar-refractivity contribution in [1.29, 1.82) is 0 Å². The van der Waals surface area contributed by atoms with E-state index in [4.69, 9.17) is 5.73 Å². The SMILES string of the molecule is Cc1cc(C(=O)N2CCC[C@@H](C)[C@H]2CN)ccc1F. The summed E-state index contributed by atoms with van der Waals surface area (Å²) in [7, 11) is 0. The number of hydrogen-bond acceptors (Lipinski definition) is 2. The monoisotopic (exact) mass is 264 g/mol. The van der Waals surface area contributed by atoms with Gasteiger partial charge in [0.25, 0.3) is 5.91 Å². The highest BCUT2D eigenvalue weighted by molar-refractivity contribution is 5.94. The average Bonchev–Trinajstić information content (AvgIpc) is 2.40. The molecule has 1 amide bonds. The maximum Gasteiger partial charge on any atom is 0.254 e. The Balaban J connectivity index is 2.24. The quantitative estimate of drug-likeness (QED) is 0.891. The van der Waals surface area contributed by atoms with Crippen molar-refractivity contribution in [3.8, 4) is 0 Å². The highest BCUT2D eigenvalue weighted by Crippen LogP contribution is 2.24. The van der Waals surface area contributed by atoms with E-state index in [0.717, 1.165) is 19.4 Å². The zero-order chi connectivity index (χ0) is 14.0. The minimum Gasteiger partial charge on any atom is -0.334 e. The lowest BCUT2D eigenvalue weighted by Gasteiger charge is -2.39. The molecule has 0 radical (unpaired) electrons. The van der Waals surface area contributed by atoms with Gasteiger partial charge in [0, 0.05) is 24.7 Å². The summed E-state index contributed by atoms with van der Waals surface area (Å²) in [6.07, 6.45) is 2.11. The van der Waals surface area contributed by atoms with Crippen molar-refractivity contribution >= 4 is 5.91 Å². The maximum atomic E-state index is 13.3. The Morgan fingerprint density at radius 2 is 2.26 bits per heavy atom. The Labute approximate surface area is 113 Å². The number of nitrogens with zero attached hydrogens (tertiary/aromatic N) is 1. The van der Waals surface area contributed by atoms with E-state index in [-0.39, 0.29) is 17.8 Å². The average molecular weight is 264 g/mol. The van der Waals surface area contributed by atoms with Gasteiger partial charge < -0.3 is 10.6 Å². The molecule has 1 aliphatic heterocycles. The van der Waals surface area contributed by atoms with Crippen LogP contribution in [0.15, 0.2) is 18.2 Å². The van der Waals surface area contributed by atoms with E-state index in [2.05, 4.69) is 6.92 Å². The molecule has 19 heavy (non-hydrogen) atoms. The first-order chi connectivity index (χ1) is 9.04. The Morgan fingerprint density at radius 3 is 2.89 bits per heavy atom. The second-order valence-corrected chi connectivity index (χ2v) is 5.39. The van der Waals surface area contributed by atoms with Gasteiger partial charge in [0.1, 0.15) is 5.82 Å². The normalized spacial score (nSPS) is 23.5. The second-order valence-electron chi connectivity index (χ2n) is 5.39. The molecule has 4 heteroatoms. The molecule has 3 nitrogen and oxygen atoms in total. The molecule has 1 saturated heterocycles. The molecule has 2 rings (SSSR count). The number of carbonyl (C=O) groups is 1. The van der Waals surface area contributed by atoms with Crippen LogP contribution in [0.5, 0.6) is 0 Å². The second kappa shape index (κ2) is 5.70. The molecule has 0 aromatic heterocycles. The summed E-state index contributed by atoms with van der Waals surface area (Å²) in [4.78, 5) is 14.4. The van der Waals surface area contributed by atoms with Gasteiger partial charge in [0.15, 0.2) is 0 Å². The molecule has 0 unspecified atom stereocenters. The van der Waals surface area contributed by atoms with Gasteiger partial charge in [-0.25, -0.2) is 4.39 Å². The molecule has 2 atom stereocenters. The fourth-order valence-electron chi connectivity index (χ4n) is 2.80. The van der Waals surface area contributed by atoms with E-state index in [9.17, 15) is 9.18 Å². The molecule has 0 spiro atoms. The number of benzene rings is 1. The van der Waals surface area contributed by atoms with Gasteiger partial charge in [0.05, 0.1) is 0 Å². The lowest BCUT2D eigenvalue weighted by molar-refractivity contribution is 0.0532. The third-order valence-electron chi connectivity index (χ3n) is 4.02. The number of rotatable bonds is 2. The molecule has 1 aliphatic rings. The van der Waals surface area contributed by atoms with Gasteiger partial charge in [-0.1, -0.05) is 6.92 Å². The maximum absolute atomic E-state index is 13.3. The number of halogens is 1. The van der Waals surface area contributed by atoms with E-state index in [1.807, 2.05) is 4.90 Å². The van der Waals surface area contributed by atoms with E-state index in [0.29, 0.717) is 23.6 Å². The highest BCUT2D eigenvalue weighted by atomic mass is 19.1. The van der Waals surface area contributed by atoms with Crippen molar-refractivity contribution < 1.29 is 9.18 Å². The standard InChI is InChI=1S/C15H21FN2O/c1-10-4-3-7-18(14(10)9-17)15(19)12-5-6-13(16)11(2)8-12/h5-6,8,10,14H,3-4,7,9,17H2,1-2H3/t10-,14-/m1/s1. The van der Waals surface area contributed by atoms with Crippen LogP contribution in [0.3, 0.4) is 0 Å². The summed E-state index contributed by atoms with van der Waals surface area (Å²) in [5, 5.41) is 0. The Hall–Kier alpha value is -1.42. The molecule has 1 aromatic rings. The molecular formula is C15H21FN2O. The number of likely N-dealkylation sites (tertiary alicyclic amines) is 1. The van der Waals surface area contributed by atoms with Gasteiger partial charge in [0.2, 0.25) is 0 Å². The highest BCUT2D eigenvalue weighted by Gasteiger charge is 2.31. The first-order valence-electron chi connectivity index (χ1n) is 6.81. The zero-order valence-electron chi connectivity index (χ0n) is 11.5. The minimum absolute atomic E-state index is 0.0369. The largest absolute Gasteiger partial charge is 0.334 e. The molecule has 1 heterocycles. The molecule has 2 N–H and O–H groups in total. The lowest BCUT2D eigenvalue weighted by Crippen LogP contribution is -2.51. The van der Waals surface area contributed by atoms with Gasteiger partial charge >= 0.3 is 0 Å². The van der Waals surface area contributed by atoms with Crippen LogP contribution in [-0.2, 0) is 0 Å². The van der Waals surface area contributed by atoms with Crippen LogP contribution >= 0.6 is 0 Å². The van der Waals surface area contributed by atoms with Crippen molar-refractivity contribution in [3.63, 3.8) is 0 Å². The Kier molecular flexibility index (Phi) is 4.20. The van der Waals surface area contributed by atoms with Crippen molar-refractivity contribution in [2.24, 2.45) is 11.7 Å². The molecule has 104 valence electrons. The van der Waals surface area contributed by atoms with Crippen molar-refractivity contribution in [1.82, 2.24) is 4.90 Å². The van der Waals surface area contributed by atoms with Gasteiger partial charge in [-0.15, -0.1) is 0 Å². The molecule has 1 aromatic carbocycles. The lowest BCUT2D eigenvalue weighted by atomic mass is 9.90. The smallest absolute Gasteiger partial charge is 0.254 e. The van der Waals surface area contributed by atoms with Gasteiger partial charge in [-0.05, 0) is 49.4 Å². The van der Waals surface area contributed by atoms with E-state index < -0.39 is 0 Å². The molecule has 0 aliphatic carbocycles. The van der Waals surface area contributed by atoms with Crippen LogP contribution in [-0.4, -0.2) is 29.9 Å². The van der Waals surface area contributed by atoms with Crippen molar-refractivity contribution in [2.75, 3.05) is 13.1 Å². The molecule has 1 fully saturated rings. The minimum atomic E-state index is -0.279. The predicted octanol–water partition coefficient (Wildman–Crippen LogP) is 2.33. The van der Waals surface area contributed by atoms with Crippen LogP contribution in [0.2, 0.25) is 0 Å². The summed E-state index contributed by atoms with van der Waals surface area (Å²) in [5.41, 5.74) is 6.85. The van der Waals surface area contributed by atoms with Crippen LogP contribution in [0.1, 0.15) is 35.7 Å². The zero-order valence-corrected chi connectivity index (χ0v) is 11.5. The summed E-state index contributed by atoms with van der Waals surface area (Å²) >= 11 is 0.